The van der Waals surface area contributed by atoms with E-state index in [4.69, 9.17) is 0 Å². The van der Waals surface area contributed by atoms with E-state index in [9.17, 15) is 0 Å². The number of nitrogens with one attached hydrogen (secondary N) is 1. The third-order valence-corrected chi connectivity index (χ3v) is 4.50. The van der Waals surface area contributed by atoms with Gasteiger partial charge in [-0.25, -0.2) is 0 Å². The van der Waals surface area contributed by atoms with Crippen LogP contribution in [0.1, 0.15) is 25.0 Å². The Labute approximate surface area is 115 Å². The Morgan fingerprint density at radius 2 is 1.89 bits per heavy atom. The second-order valence-corrected chi connectivity index (χ2v) is 7.18. The van der Waals surface area contributed by atoms with Crippen LogP contribution in [0.4, 0.5) is 0 Å². The van der Waals surface area contributed by atoms with Crippen molar-refractivity contribution in [3.8, 4) is 0 Å². The predicted molar refractivity (Wildman–Crippen MR) is 81.0 cm³/mol. The Bertz CT molecular complexity index is 371. The number of rotatable bonds is 4. The summed E-state index contributed by atoms with van der Waals surface area (Å²) in [6.07, 6.45) is 0. The van der Waals surface area contributed by atoms with Gasteiger partial charge in [-0.1, -0.05) is 38.1 Å². The van der Waals surface area contributed by atoms with Crippen LogP contribution in [0.5, 0.6) is 0 Å². The molecule has 18 heavy (non-hydrogen) atoms. The van der Waals surface area contributed by atoms with Crippen LogP contribution in [0.3, 0.4) is 0 Å². The lowest BCUT2D eigenvalue weighted by Crippen LogP contribution is -2.39. The standard InChI is InChI=1S/C15H24N2S/c1-12-9-17(10-13(2)18-12)11-15-6-4-5-14(7-15)8-16-3/h4-7,12-13,16H,8-11H2,1-3H3. The van der Waals surface area contributed by atoms with Gasteiger partial charge in [0, 0.05) is 36.7 Å². The molecule has 2 atom stereocenters. The molecule has 0 bridgehead atoms. The minimum absolute atomic E-state index is 0.759. The summed E-state index contributed by atoms with van der Waals surface area (Å²) < 4.78 is 0. The van der Waals surface area contributed by atoms with Gasteiger partial charge in [0.25, 0.3) is 0 Å². The summed E-state index contributed by atoms with van der Waals surface area (Å²) in [4.78, 5) is 2.59. The quantitative estimate of drug-likeness (QED) is 0.900. The van der Waals surface area contributed by atoms with Crippen molar-refractivity contribution >= 4 is 11.8 Å². The summed E-state index contributed by atoms with van der Waals surface area (Å²) in [6, 6.07) is 8.94. The van der Waals surface area contributed by atoms with Crippen LogP contribution in [0.2, 0.25) is 0 Å². The van der Waals surface area contributed by atoms with E-state index < -0.39 is 0 Å². The van der Waals surface area contributed by atoms with Crippen molar-refractivity contribution in [3.05, 3.63) is 35.4 Å². The molecule has 0 aromatic heterocycles. The minimum Gasteiger partial charge on any atom is -0.316 e. The molecule has 1 fully saturated rings. The summed E-state index contributed by atoms with van der Waals surface area (Å²) in [7, 11) is 2.00. The maximum Gasteiger partial charge on any atom is 0.0234 e. The molecule has 2 nitrogen and oxygen atoms in total. The maximum atomic E-state index is 3.21. The fourth-order valence-electron chi connectivity index (χ4n) is 2.71. The number of hydrogen-bond donors (Lipinski definition) is 1. The largest absolute Gasteiger partial charge is 0.316 e. The molecule has 2 rings (SSSR count). The van der Waals surface area contributed by atoms with E-state index in [0.29, 0.717) is 0 Å². The second-order valence-electron chi connectivity index (χ2n) is 5.30. The third-order valence-electron chi connectivity index (χ3n) is 3.27. The van der Waals surface area contributed by atoms with E-state index in [1.807, 2.05) is 7.05 Å². The van der Waals surface area contributed by atoms with Crippen LogP contribution in [-0.2, 0) is 13.1 Å². The Morgan fingerprint density at radius 3 is 2.56 bits per heavy atom. The maximum absolute atomic E-state index is 3.21. The van der Waals surface area contributed by atoms with Gasteiger partial charge in [0.15, 0.2) is 0 Å². The molecule has 100 valence electrons. The molecule has 0 radical (unpaired) electrons. The van der Waals surface area contributed by atoms with Gasteiger partial charge < -0.3 is 5.32 Å². The molecule has 1 aromatic rings. The monoisotopic (exact) mass is 264 g/mol. The van der Waals surface area contributed by atoms with E-state index in [1.165, 1.54) is 24.2 Å². The average molecular weight is 264 g/mol. The molecule has 0 aliphatic carbocycles. The first-order chi connectivity index (χ1) is 8.67. The fourth-order valence-corrected chi connectivity index (χ4v) is 4.10. The molecule has 0 saturated carbocycles. The van der Waals surface area contributed by atoms with E-state index in [1.54, 1.807) is 0 Å². The lowest BCUT2D eigenvalue weighted by Gasteiger charge is -2.34. The van der Waals surface area contributed by atoms with Crippen molar-refractivity contribution in [3.63, 3.8) is 0 Å². The van der Waals surface area contributed by atoms with E-state index in [2.05, 4.69) is 60.1 Å². The predicted octanol–water partition coefficient (Wildman–Crippen LogP) is 2.73. The van der Waals surface area contributed by atoms with Crippen LogP contribution in [0.25, 0.3) is 0 Å². The highest BCUT2D eigenvalue weighted by molar-refractivity contribution is 8.00. The normalized spacial score (nSPS) is 25.3. The highest BCUT2D eigenvalue weighted by atomic mass is 32.2. The second kappa shape index (κ2) is 6.60. The van der Waals surface area contributed by atoms with Crippen molar-refractivity contribution < 1.29 is 0 Å². The molecule has 1 aromatic carbocycles. The molecule has 1 N–H and O–H groups in total. The van der Waals surface area contributed by atoms with E-state index in [0.717, 1.165) is 23.6 Å². The van der Waals surface area contributed by atoms with Crippen LogP contribution < -0.4 is 5.32 Å². The molecule has 1 heterocycles. The first-order valence-electron chi connectivity index (χ1n) is 6.77. The van der Waals surface area contributed by atoms with Crippen molar-refractivity contribution in [2.24, 2.45) is 0 Å². The topological polar surface area (TPSA) is 15.3 Å². The minimum atomic E-state index is 0.759. The zero-order valence-corrected chi connectivity index (χ0v) is 12.5. The van der Waals surface area contributed by atoms with Crippen molar-refractivity contribution in [2.75, 3.05) is 20.1 Å². The lowest BCUT2D eigenvalue weighted by atomic mass is 10.1. The first kappa shape index (κ1) is 13.9. The Morgan fingerprint density at radius 1 is 1.22 bits per heavy atom. The van der Waals surface area contributed by atoms with E-state index in [-0.39, 0.29) is 0 Å². The van der Waals surface area contributed by atoms with Gasteiger partial charge in [-0.15, -0.1) is 0 Å². The van der Waals surface area contributed by atoms with Crippen LogP contribution in [-0.4, -0.2) is 35.5 Å². The van der Waals surface area contributed by atoms with Gasteiger partial charge in [-0.05, 0) is 18.2 Å². The van der Waals surface area contributed by atoms with Crippen LogP contribution >= 0.6 is 11.8 Å². The van der Waals surface area contributed by atoms with Gasteiger partial charge in [0.05, 0.1) is 0 Å². The molecular weight excluding hydrogens is 240 g/mol. The smallest absolute Gasteiger partial charge is 0.0234 e. The van der Waals surface area contributed by atoms with Gasteiger partial charge >= 0.3 is 0 Å². The van der Waals surface area contributed by atoms with Crippen LogP contribution in [0, 0.1) is 0 Å². The molecule has 1 aliphatic heterocycles. The van der Waals surface area contributed by atoms with Crippen molar-refractivity contribution in [2.45, 2.75) is 37.4 Å². The van der Waals surface area contributed by atoms with Crippen molar-refractivity contribution in [1.82, 2.24) is 10.2 Å². The fraction of sp³-hybridized carbons (Fsp3) is 0.600. The Kier molecular flexibility index (Phi) is 5.10. The zero-order valence-electron chi connectivity index (χ0n) is 11.6. The van der Waals surface area contributed by atoms with E-state index >= 15 is 0 Å². The Hall–Kier alpha value is -0.510. The molecule has 1 aliphatic rings. The summed E-state index contributed by atoms with van der Waals surface area (Å²) in [5, 5.41) is 4.73. The molecule has 3 heteroatoms. The number of nitrogens with zero attached hydrogens (tertiary/aromatic N) is 1. The highest BCUT2D eigenvalue weighted by Crippen LogP contribution is 2.25. The van der Waals surface area contributed by atoms with Gasteiger partial charge in [0.2, 0.25) is 0 Å². The molecule has 0 amide bonds. The van der Waals surface area contributed by atoms with Gasteiger partial charge in [-0.2, -0.15) is 11.8 Å². The lowest BCUT2D eigenvalue weighted by molar-refractivity contribution is 0.263. The summed E-state index contributed by atoms with van der Waals surface area (Å²) in [6.45, 7) is 9.15. The molecule has 1 saturated heterocycles. The summed E-state index contributed by atoms with van der Waals surface area (Å²) >= 11 is 2.12. The first-order valence-corrected chi connectivity index (χ1v) is 7.72. The number of thioether (sulfide) groups is 1. The van der Waals surface area contributed by atoms with Gasteiger partial charge in [0.1, 0.15) is 0 Å². The Balaban J connectivity index is 1.97. The third kappa shape index (κ3) is 4.01. The zero-order chi connectivity index (χ0) is 13.0. The summed E-state index contributed by atoms with van der Waals surface area (Å²) in [5.74, 6) is 0. The molecule has 0 spiro atoms. The van der Waals surface area contributed by atoms with Crippen molar-refractivity contribution in [1.29, 1.82) is 0 Å². The van der Waals surface area contributed by atoms with Crippen LogP contribution in [0.15, 0.2) is 24.3 Å². The van der Waals surface area contributed by atoms with Gasteiger partial charge in [-0.3, -0.25) is 4.90 Å². The summed E-state index contributed by atoms with van der Waals surface area (Å²) in [5.41, 5.74) is 2.82. The molecule has 2 unspecified atom stereocenters. The SMILES string of the molecule is CNCc1cccc(CN2CC(C)SC(C)C2)c1. The highest BCUT2D eigenvalue weighted by Gasteiger charge is 2.21. The number of hydrogen-bond acceptors (Lipinski definition) is 3. The molecular formula is C15H24N2S. The number of benzene rings is 1. The average Bonchev–Trinajstić information content (AvgIpc) is 2.28.